The van der Waals surface area contributed by atoms with Gasteiger partial charge in [0.2, 0.25) is 11.8 Å². The summed E-state index contributed by atoms with van der Waals surface area (Å²) in [5.74, 6) is -1.87. The fourth-order valence-electron chi connectivity index (χ4n) is 5.71. The van der Waals surface area contributed by atoms with Crippen molar-refractivity contribution in [3.05, 3.63) is 140 Å². The summed E-state index contributed by atoms with van der Waals surface area (Å²) < 4.78 is 5.39. The minimum Gasteiger partial charge on any atom is -0.462 e. The molecule has 1 aliphatic rings. The van der Waals surface area contributed by atoms with Crippen molar-refractivity contribution in [3.63, 3.8) is 0 Å². The molecule has 6 rings (SSSR count). The summed E-state index contributed by atoms with van der Waals surface area (Å²) in [5, 5.41) is 12.1. The zero-order valence-electron chi connectivity index (χ0n) is 28.9. The summed E-state index contributed by atoms with van der Waals surface area (Å²) in [7, 11) is 0. The van der Waals surface area contributed by atoms with Crippen molar-refractivity contribution < 1.29 is 28.7 Å². The lowest BCUT2D eigenvalue weighted by Gasteiger charge is -2.25. The molecule has 0 fully saturated rings. The molecule has 2 aromatic heterocycles. The Kier molecular flexibility index (Phi) is 12.2. The first-order valence-corrected chi connectivity index (χ1v) is 19.5. The number of anilines is 2. The molecule has 1 atom stereocenters. The molecular formula is C40H36N4O6S3. The van der Waals surface area contributed by atoms with Crippen molar-refractivity contribution in [2.75, 3.05) is 23.8 Å². The smallest absolute Gasteiger partial charge is 0.341 e. The molecule has 13 heteroatoms. The van der Waals surface area contributed by atoms with E-state index < -0.39 is 23.0 Å². The first-order valence-electron chi connectivity index (χ1n) is 16.8. The molecular weight excluding hydrogens is 729 g/mol. The molecule has 0 spiro atoms. The van der Waals surface area contributed by atoms with E-state index in [2.05, 4.69) is 16.0 Å². The number of hydrogen-bond donors (Lipinski definition) is 3. The van der Waals surface area contributed by atoms with E-state index in [4.69, 9.17) is 4.74 Å². The summed E-state index contributed by atoms with van der Waals surface area (Å²) >= 11 is 4.04. The van der Waals surface area contributed by atoms with Crippen molar-refractivity contribution in [3.8, 4) is 0 Å². The number of carbonyl (C=O) groups is 5. The van der Waals surface area contributed by atoms with Gasteiger partial charge in [-0.1, -0.05) is 54.6 Å². The third-order valence-corrected chi connectivity index (χ3v) is 11.4. The van der Waals surface area contributed by atoms with Crippen LogP contribution in [0.3, 0.4) is 0 Å². The largest absolute Gasteiger partial charge is 0.462 e. The molecule has 4 amide bonds. The third-order valence-electron chi connectivity index (χ3n) is 8.29. The van der Waals surface area contributed by atoms with Gasteiger partial charge in [-0.25, -0.2) is 4.79 Å². The van der Waals surface area contributed by atoms with Crippen LogP contribution in [0.5, 0.6) is 0 Å². The number of nitrogens with zero attached hydrogens (tertiary/aromatic N) is 1. The molecule has 0 saturated heterocycles. The fourth-order valence-corrected chi connectivity index (χ4v) is 8.66. The van der Waals surface area contributed by atoms with Crippen LogP contribution in [-0.4, -0.2) is 47.6 Å². The molecule has 0 bridgehead atoms. The van der Waals surface area contributed by atoms with Crippen molar-refractivity contribution >= 4 is 80.8 Å². The van der Waals surface area contributed by atoms with Crippen LogP contribution in [0.25, 0.3) is 6.08 Å². The van der Waals surface area contributed by atoms with Crippen LogP contribution >= 0.6 is 34.4 Å². The second kappa shape index (κ2) is 17.3. The lowest BCUT2D eigenvalue weighted by atomic mass is 10.0. The van der Waals surface area contributed by atoms with Gasteiger partial charge in [0.1, 0.15) is 15.9 Å². The zero-order valence-corrected chi connectivity index (χ0v) is 31.4. The Morgan fingerprint density at radius 2 is 1.70 bits per heavy atom. The molecule has 3 aromatic carbocycles. The highest BCUT2D eigenvalue weighted by Crippen LogP contribution is 2.41. The quantitative estimate of drug-likeness (QED) is 0.0672. The lowest BCUT2D eigenvalue weighted by molar-refractivity contribution is -0.129. The molecule has 0 radical (unpaired) electrons. The maximum Gasteiger partial charge on any atom is 0.341 e. The molecule has 0 aliphatic carbocycles. The van der Waals surface area contributed by atoms with E-state index in [-0.39, 0.29) is 24.1 Å². The van der Waals surface area contributed by atoms with Crippen LogP contribution in [0.2, 0.25) is 0 Å². The molecule has 1 unspecified atom stereocenters. The predicted octanol–water partition coefficient (Wildman–Crippen LogP) is 7.77. The van der Waals surface area contributed by atoms with Gasteiger partial charge in [0, 0.05) is 34.5 Å². The van der Waals surface area contributed by atoms with Gasteiger partial charge in [0.05, 0.1) is 18.7 Å². The molecule has 0 saturated carbocycles. The first kappa shape index (κ1) is 37.3. The Morgan fingerprint density at radius 3 is 2.40 bits per heavy atom. The van der Waals surface area contributed by atoms with Crippen molar-refractivity contribution in [2.45, 2.75) is 37.0 Å². The average Bonchev–Trinajstić information content (AvgIpc) is 3.81. The zero-order chi connectivity index (χ0) is 37.3. The number of esters is 1. The second-order valence-electron chi connectivity index (χ2n) is 11.9. The molecule has 10 nitrogen and oxygen atoms in total. The Bertz CT molecular complexity index is 2150. The summed E-state index contributed by atoms with van der Waals surface area (Å²) in [6.07, 6.45) is 2.09. The highest BCUT2D eigenvalue weighted by atomic mass is 32.2. The third kappa shape index (κ3) is 9.30. The van der Waals surface area contributed by atoms with Gasteiger partial charge in [-0.05, 0) is 83.3 Å². The Hall–Kier alpha value is -5.50. The highest BCUT2D eigenvalue weighted by molar-refractivity contribution is 8.00. The molecule has 270 valence electrons. The first-order chi connectivity index (χ1) is 25.7. The van der Waals surface area contributed by atoms with E-state index in [0.29, 0.717) is 46.2 Å². The Balaban J connectivity index is 1.24. The van der Waals surface area contributed by atoms with E-state index in [1.807, 2.05) is 59.3 Å². The number of thiophene rings is 2. The number of benzene rings is 3. The molecule has 1 aliphatic heterocycles. The summed E-state index contributed by atoms with van der Waals surface area (Å²) in [5.41, 5.74) is 3.56. The van der Waals surface area contributed by atoms with E-state index >= 15 is 0 Å². The normalized spacial score (nSPS) is 13.0. The van der Waals surface area contributed by atoms with E-state index in [1.165, 1.54) is 41.4 Å². The number of rotatable bonds is 12. The SMILES string of the molecule is CCOC(=O)c1c(NC(=O)C(Sc2cccc(NC(=O)/C(=C/c3ccsc3)NC(=O)c3ccccc3)c2)c2ccccc2)sc2c1CCN(C(C)=O)C2. The van der Waals surface area contributed by atoms with Gasteiger partial charge >= 0.3 is 5.97 Å². The van der Waals surface area contributed by atoms with Gasteiger partial charge in [-0.15, -0.1) is 23.1 Å². The van der Waals surface area contributed by atoms with Gasteiger partial charge in [0.15, 0.2) is 0 Å². The fraction of sp³-hybridized carbons (Fsp3) is 0.175. The summed E-state index contributed by atoms with van der Waals surface area (Å²) in [6.45, 7) is 4.25. The number of nitrogens with one attached hydrogen (secondary N) is 3. The monoisotopic (exact) mass is 764 g/mol. The van der Waals surface area contributed by atoms with Crippen molar-refractivity contribution in [1.29, 1.82) is 0 Å². The minimum atomic E-state index is -0.746. The number of ether oxygens (including phenoxy) is 1. The van der Waals surface area contributed by atoms with Crippen LogP contribution in [0.1, 0.15) is 61.4 Å². The maximum absolute atomic E-state index is 14.2. The van der Waals surface area contributed by atoms with Gasteiger partial charge in [0.25, 0.3) is 11.8 Å². The van der Waals surface area contributed by atoms with Crippen LogP contribution in [-0.2, 0) is 32.1 Å². The summed E-state index contributed by atoms with van der Waals surface area (Å²) in [4.78, 5) is 69.4. The molecule has 5 aromatic rings. The van der Waals surface area contributed by atoms with Gasteiger partial charge in [-0.2, -0.15) is 11.3 Å². The Labute approximate surface area is 319 Å². The number of thioether (sulfide) groups is 1. The number of hydrogen-bond acceptors (Lipinski definition) is 9. The van der Waals surface area contributed by atoms with Gasteiger partial charge < -0.3 is 25.6 Å². The van der Waals surface area contributed by atoms with E-state index in [1.54, 1.807) is 60.4 Å². The predicted molar refractivity (Wildman–Crippen MR) is 210 cm³/mol. The maximum atomic E-state index is 14.2. The lowest BCUT2D eigenvalue weighted by Crippen LogP contribution is -2.34. The van der Waals surface area contributed by atoms with E-state index in [9.17, 15) is 24.0 Å². The number of amides is 4. The number of fused-ring (bicyclic) bond motifs is 1. The van der Waals surface area contributed by atoms with Crippen LogP contribution in [0.15, 0.2) is 112 Å². The Morgan fingerprint density at radius 1 is 0.943 bits per heavy atom. The number of carbonyl (C=O) groups excluding carboxylic acids is 5. The van der Waals surface area contributed by atoms with Crippen molar-refractivity contribution in [1.82, 2.24) is 10.2 Å². The topological polar surface area (TPSA) is 134 Å². The summed E-state index contributed by atoms with van der Waals surface area (Å²) in [6, 6.07) is 26.9. The average molecular weight is 765 g/mol. The minimum absolute atomic E-state index is 0.0575. The van der Waals surface area contributed by atoms with E-state index in [0.717, 1.165) is 21.6 Å². The molecule has 3 N–H and O–H groups in total. The molecule has 53 heavy (non-hydrogen) atoms. The van der Waals surface area contributed by atoms with Crippen LogP contribution in [0, 0.1) is 0 Å². The standard InChI is InChI=1S/C40H36N4O6S3/c1-3-50-40(49)34-31-17-19-44(25(2)45)23-33(31)53-39(34)43-38(48)35(27-11-6-4-7-12-27)52-30-16-10-15-29(22-30)41-37(47)32(21-26-18-20-51-24-26)42-36(46)28-13-8-5-9-14-28/h4-16,18,20-22,24,35H,3,17,19,23H2,1-2H3,(H,41,47)(H,42,46)(H,43,48)/b32-21-. The van der Waals surface area contributed by atoms with Crippen molar-refractivity contribution in [2.24, 2.45) is 0 Å². The second-order valence-corrected chi connectivity index (χ2v) is 15.0. The van der Waals surface area contributed by atoms with Crippen LogP contribution in [0.4, 0.5) is 10.7 Å². The highest BCUT2D eigenvalue weighted by Gasteiger charge is 2.32. The van der Waals surface area contributed by atoms with Crippen LogP contribution < -0.4 is 16.0 Å². The van der Waals surface area contributed by atoms with Gasteiger partial charge in [-0.3, -0.25) is 19.2 Å². The molecule has 3 heterocycles.